The van der Waals surface area contributed by atoms with E-state index in [0.717, 1.165) is 6.07 Å². The summed E-state index contributed by atoms with van der Waals surface area (Å²) in [5.74, 6) is -0.304. The predicted octanol–water partition coefficient (Wildman–Crippen LogP) is 0.781. The Hall–Kier alpha value is -1.52. The van der Waals surface area contributed by atoms with E-state index in [4.69, 9.17) is 4.74 Å². The van der Waals surface area contributed by atoms with Crippen LogP contribution in [0.25, 0.3) is 0 Å². The van der Waals surface area contributed by atoms with E-state index < -0.39 is 11.6 Å². The quantitative estimate of drug-likeness (QED) is 0.706. The van der Waals surface area contributed by atoms with E-state index in [1.165, 1.54) is 0 Å². The fourth-order valence-corrected chi connectivity index (χ4v) is 0.703. The molecule has 0 aromatic carbocycles. The molecule has 0 aliphatic rings. The van der Waals surface area contributed by atoms with Gasteiger partial charge in [0.25, 0.3) is 0 Å². The van der Waals surface area contributed by atoms with Crippen LogP contribution < -0.4 is 5.63 Å². The number of rotatable bonds is 3. The molecule has 5 heteroatoms. The largest absolute Gasteiger partial charge is 0.461 e. The first kappa shape index (κ1) is 9.57. The van der Waals surface area contributed by atoms with Crippen molar-refractivity contribution in [2.45, 2.75) is 13.8 Å². The van der Waals surface area contributed by atoms with Crippen molar-refractivity contribution in [1.82, 2.24) is 5.16 Å². The molecule has 1 heterocycles. The summed E-state index contributed by atoms with van der Waals surface area (Å²) < 4.78 is 9.14. The Morgan fingerprint density at radius 3 is 2.85 bits per heavy atom. The molecule has 5 nitrogen and oxygen atoms in total. The van der Waals surface area contributed by atoms with Gasteiger partial charge in [0.1, 0.15) is 0 Å². The summed E-state index contributed by atoms with van der Waals surface area (Å²) in [5.41, 5.74) is -0.540. The first-order valence-electron chi connectivity index (χ1n) is 3.95. The Morgan fingerprint density at radius 1 is 1.69 bits per heavy atom. The van der Waals surface area contributed by atoms with Crippen molar-refractivity contribution in [2.24, 2.45) is 5.92 Å². The molecule has 0 radical (unpaired) electrons. The zero-order chi connectivity index (χ0) is 9.84. The zero-order valence-corrected chi connectivity index (χ0v) is 7.49. The standard InChI is InChI=1S/C8H11NO4/c1-5(2)4-12-8(11)6-3-7(10)13-9-6/h3,5,9H,4H2,1-2H3. The van der Waals surface area contributed by atoms with Crippen molar-refractivity contribution in [3.63, 3.8) is 0 Å². The molecule has 72 valence electrons. The highest BCUT2D eigenvalue weighted by Crippen LogP contribution is 1.98. The molecule has 13 heavy (non-hydrogen) atoms. The molecule has 1 aromatic heterocycles. The van der Waals surface area contributed by atoms with Crippen LogP contribution in [-0.2, 0) is 4.74 Å². The Balaban J connectivity index is 2.54. The number of carbonyl (C=O) groups is 1. The fraction of sp³-hybridized carbons (Fsp3) is 0.500. The summed E-state index contributed by atoms with van der Waals surface area (Å²) in [7, 11) is 0. The third kappa shape index (κ3) is 2.77. The normalized spacial score (nSPS) is 10.4. The highest BCUT2D eigenvalue weighted by atomic mass is 16.5. The minimum atomic E-state index is -0.587. The van der Waals surface area contributed by atoms with Gasteiger partial charge in [-0.2, -0.15) is 0 Å². The first-order chi connectivity index (χ1) is 6.09. The second-order valence-electron chi connectivity index (χ2n) is 3.07. The number of aromatic nitrogens is 1. The fourth-order valence-electron chi connectivity index (χ4n) is 0.703. The van der Waals surface area contributed by atoms with Gasteiger partial charge in [-0.15, -0.1) is 0 Å². The second-order valence-corrected chi connectivity index (χ2v) is 3.07. The van der Waals surface area contributed by atoms with Gasteiger partial charge in [-0.25, -0.2) is 14.7 Å². The highest BCUT2D eigenvalue weighted by molar-refractivity contribution is 5.86. The Kier molecular flexibility index (Phi) is 2.89. The summed E-state index contributed by atoms with van der Waals surface area (Å²) in [4.78, 5) is 21.6. The van der Waals surface area contributed by atoms with Gasteiger partial charge in [0.2, 0.25) is 0 Å². The van der Waals surface area contributed by atoms with Gasteiger partial charge >= 0.3 is 11.6 Å². The van der Waals surface area contributed by atoms with Crippen LogP contribution in [-0.4, -0.2) is 17.7 Å². The molecular weight excluding hydrogens is 174 g/mol. The van der Waals surface area contributed by atoms with Crippen LogP contribution in [0, 0.1) is 5.92 Å². The third-order valence-electron chi connectivity index (χ3n) is 1.29. The number of hydrogen-bond donors (Lipinski definition) is 1. The molecule has 0 fully saturated rings. The van der Waals surface area contributed by atoms with Crippen LogP contribution in [0.5, 0.6) is 0 Å². The molecule has 0 atom stereocenters. The number of aromatic amines is 1. The predicted molar refractivity (Wildman–Crippen MR) is 44.4 cm³/mol. The van der Waals surface area contributed by atoms with Crippen LogP contribution in [0.3, 0.4) is 0 Å². The number of carbonyl (C=O) groups excluding carboxylic acids is 1. The number of hydrogen-bond acceptors (Lipinski definition) is 4. The monoisotopic (exact) mass is 185 g/mol. The van der Waals surface area contributed by atoms with Crippen LogP contribution in [0.15, 0.2) is 15.4 Å². The summed E-state index contributed by atoms with van der Waals surface area (Å²) in [5, 5.41) is 2.17. The van der Waals surface area contributed by atoms with Crippen molar-refractivity contribution in [1.29, 1.82) is 0 Å². The second kappa shape index (κ2) is 3.93. The van der Waals surface area contributed by atoms with E-state index >= 15 is 0 Å². The molecule has 0 saturated heterocycles. The molecule has 0 aliphatic carbocycles. The number of nitrogens with one attached hydrogen (secondary N) is 1. The van der Waals surface area contributed by atoms with Gasteiger partial charge in [-0.05, 0) is 5.92 Å². The number of esters is 1. The Morgan fingerprint density at radius 2 is 2.38 bits per heavy atom. The van der Waals surface area contributed by atoms with E-state index in [9.17, 15) is 9.59 Å². The lowest BCUT2D eigenvalue weighted by atomic mass is 10.2. The highest BCUT2D eigenvalue weighted by Gasteiger charge is 2.11. The minimum Gasteiger partial charge on any atom is -0.461 e. The van der Waals surface area contributed by atoms with E-state index in [0.29, 0.717) is 6.61 Å². The molecule has 1 N–H and O–H groups in total. The van der Waals surface area contributed by atoms with Gasteiger partial charge < -0.3 is 9.26 Å². The lowest BCUT2D eigenvalue weighted by Crippen LogP contribution is -2.10. The summed E-state index contributed by atoms with van der Waals surface area (Å²) in [6, 6.07) is 1.06. The first-order valence-corrected chi connectivity index (χ1v) is 3.95. The molecule has 0 amide bonds. The third-order valence-corrected chi connectivity index (χ3v) is 1.29. The SMILES string of the molecule is CC(C)COC(=O)c1cc(=O)o[nH]1. The molecule has 1 rings (SSSR count). The van der Waals surface area contributed by atoms with Gasteiger partial charge in [0.05, 0.1) is 12.7 Å². The van der Waals surface area contributed by atoms with E-state index in [-0.39, 0.29) is 11.6 Å². The van der Waals surface area contributed by atoms with Gasteiger partial charge in [-0.1, -0.05) is 13.8 Å². The van der Waals surface area contributed by atoms with Crippen LogP contribution >= 0.6 is 0 Å². The maximum absolute atomic E-state index is 11.1. The Labute approximate surface area is 74.7 Å². The number of ether oxygens (including phenoxy) is 1. The maximum atomic E-state index is 11.1. The summed E-state index contributed by atoms with van der Waals surface area (Å²) in [6.45, 7) is 4.17. The van der Waals surface area contributed by atoms with E-state index in [1.54, 1.807) is 0 Å². The van der Waals surface area contributed by atoms with E-state index in [2.05, 4.69) is 9.68 Å². The molecule has 0 aliphatic heterocycles. The topological polar surface area (TPSA) is 72.3 Å². The van der Waals surface area contributed by atoms with Gasteiger partial charge in [0, 0.05) is 0 Å². The molecule has 0 bridgehead atoms. The summed E-state index contributed by atoms with van der Waals surface area (Å²) >= 11 is 0. The van der Waals surface area contributed by atoms with Crippen LogP contribution in [0.1, 0.15) is 24.3 Å². The molecule has 0 saturated carbocycles. The van der Waals surface area contributed by atoms with Crippen molar-refractivity contribution in [2.75, 3.05) is 6.61 Å². The van der Waals surface area contributed by atoms with Crippen LogP contribution in [0.4, 0.5) is 0 Å². The minimum absolute atomic E-state index is 0.0469. The molecular formula is C8H11NO4. The lowest BCUT2D eigenvalue weighted by molar-refractivity contribution is 0.0447. The smallest absolute Gasteiger partial charge is 0.358 e. The van der Waals surface area contributed by atoms with Crippen molar-refractivity contribution < 1.29 is 14.1 Å². The Bertz CT molecular complexity index is 336. The van der Waals surface area contributed by atoms with Gasteiger partial charge in [0.15, 0.2) is 5.69 Å². The average molecular weight is 185 g/mol. The maximum Gasteiger partial charge on any atom is 0.358 e. The summed E-state index contributed by atoms with van der Waals surface area (Å²) in [6.07, 6.45) is 0. The number of H-pyrrole nitrogens is 1. The average Bonchev–Trinajstić information content (AvgIpc) is 2.47. The van der Waals surface area contributed by atoms with Crippen molar-refractivity contribution >= 4 is 5.97 Å². The van der Waals surface area contributed by atoms with Crippen molar-refractivity contribution in [3.05, 3.63) is 22.2 Å². The van der Waals surface area contributed by atoms with Crippen LogP contribution in [0.2, 0.25) is 0 Å². The van der Waals surface area contributed by atoms with E-state index in [1.807, 2.05) is 13.8 Å². The van der Waals surface area contributed by atoms with Crippen molar-refractivity contribution in [3.8, 4) is 0 Å². The molecule has 1 aromatic rings. The lowest BCUT2D eigenvalue weighted by Gasteiger charge is -2.04. The van der Waals surface area contributed by atoms with Gasteiger partial charge in [-0.3, -0.25) is 0 Å². The zero-order valence-electron chi connectivity index (χ0n) is 7.49. The molecule has 0 unspecified atom stereocenters. The molecule has 0 spiro atoms.